The maximum atomic E-state index is 11.8. The molecule has 2 atom stereocenters. The number of ether oxygens (including phenoxy) is 1. The lowest BCUT2D eigenvalue weighted by Crippen LogP contribution is -2.42. The van der Waals surface area contributed by atoms with E-state index in [0.717, 1.165) is 19.6 Å². The van der Waals surface area contributed by atoms with Crippen LogP contribution in [0.25, 0.3) is 0 Å². The average Bonchev–Trinajstić information content (AvgIpc) is 3.09. The minimum Gasteiger partial charge on any atom is -0.381 e. The Balaban J connectivity index is 1.73. The summed E-state index contributed by atoms with van der Waals surface area (Å²) in [5, 5.41) is 10.1. The van der Waals surface area contributed by atoms with E-state index in [2.05, 4.69) is 32.4 Å². The van der Waals surface area contributed by atoms with Gasteiger partial charge < -0.3 is 20.3 Å². The standard InChI is InChI=1S/C14H23N3O2S/c1-17(2)13(12-4-6-20-10-12)8-16-14(18)15-7-11-3-5-19-9-11/h4,6,10-11,13H,3,5,7-9H2,1-2H3,(H2,15,16,18)/t11-,13+/m1/s1. The molecule has 0 bridgehead atoms. The summed E-state index contributed by atoms with van der Waals surface area (Å²) in [6, 6.07) is 2.21. The monoisotopic (exact) mass is 297 g/mol. The molecule has 1 aromatic heterocycles. The van der Waals surface area contributed by atoms with Gasteiger partial charge >= 0.3 is 6.03 Å². The topological polar surface area (TPSA) is 53.6 Å². The van der Waals surface area contributed by atoms with Crippen LogP contribution in [0.1, 0.15) is 18.0 Å². The summed E-state index contributed by atoms with van der Waals surface area (Å²) in [5.41, 5.74) is 1.24. The van der Waals surface area contributed by atoms with Crippen LogP contribution in [0.4, 0.5) is 4.79 Å². The Morgan fingerprint density at radius 2 is 2.40 bits per heavy atom. The second-order valence-electron chi connectivity index (χ2n) is 5.36. The van der Waals surface area contributed by atoms with Gasteiger partial charge in [-0.1, -0.05) is 0 Å². The predicted octanol–water partition coefficient (Wildman–Crippen LogP) is 1.69. The van der Waals surface area contributed by atoms with Crippen molar-refractivity contribution in [3.8, 4) is 0 Å². The van der Waals surface area contributed by atoms with Crippen molar-refractivity contribution in [2.24, 2.45) is 5.92 Å². The summed E-state index contributed by atoms with van der Waals surface area (Å²) >= 11 is 1.68. The van der Waals surface area contributed by atoms with E-state index in [-0.39, 0.29) is 12.1 Å². The second kappa shape index (κ2) is 7.61. The van der Waals surface area contributed by atoms with E-state index < -0.39 is 0 Å². The minimum absolute atomic E-state index is 0.0982. The van der Waals surface area contributed by atoms with Crippen LogP contribution in [0.3, 0.4) is 0 Å². The second-order valence-corrected chi connectivity index (χ2v) is 6.14. The number of nitrogens with zero attached hydrogens (tertiary/aromatic N) is 1. The van der Waals surface area contributed by atoms with Crippen LogP contribution in [0.5, 0.6) is 0 Å². The summed E-state index contributed by atoms with van der Waals surface area (Å²) < 4.78 is 5.29. The molecule has 0 radical (unpaired) electrons. The van der Waals surface area contributed by atoms with Gasteiger partial charge in [-0.25, -0.2) is 4.79 Å². The first-order valence-electron chi connectivity index (χ1n) is 6.94. The number of nitrogens with one attached hydrogen (secondary N) is 2. The highest BCUT2D eigenvalue weighted by molar-refractivity contribution is 7.07. The molecule has 20 heavy (non-hydrogen) atoms. The highest BCUT2D eigenvalue weighted by atomic mass is 32.1. The molecule has 1 saturated heterocycles. The highest BCUT2D eigenvalue weighted by Crippen LogP contribution is 2.19. The van der Waals surface area contributed by atoms with E-state index in [1.807, 2.05) is 14.1 Å². The van der Waals surface area contributed by atoms with Crippen LogP contribution < -0.4 is 10.6 Å². The molecular formula is C14H23N3O2S. The van der Waals surface area contributed by atoms with Crippen molar-refractivity contribution in [1.82, 2.24) is 15.5 Å². The summed E-state index contributed by atoms with van der Waals surface area (Å²) in [6.45, 7) is 2.87. The van der Waals surface area contributed by atoms with Crippen LogP contribution in [-0.4, -0.2) is 51.3 Å². The SMILES string of the molecule is CN(C)[C@@H](CNC(=O)NC[C@H]1CCOC1)c1ccsc1. The van der Waals surface area contributed by atoms with Crippen molar-refractivity contribution in [3.63, 3.8) is 0 Å². The molecule has 1 aliphatic heterocycles. The van der Waals surface area contributed by atoms with Crippen molar-refractivity contribution < 1.29 is 9.53 Å². The molecule has 6 heteroatoms. The van der Waals surface area contributed by atoms with Gasteiger partial charge in [0.15, 0.2) is 0 Å². The lowest BCUT2D eigenvalue weighted by Gasteiger charge is -2.24. The third-order valence-electron chi connectivity index (χ3n) is 3.58. The fourth-order valence-corrected chi connectivity index (χ4v) is 3.00. The van der Waals surface area contributed by atoms with E-state index in [1.54, 1.807) is 11.3 Å². The van der Waals surface area contributed by atoms with Gasteiger partial charge in [0, 0.05) is 25.6 Å². The fraction of sp³-hybridized carbons (Fsp3) is 0.643. The molecule has 1 aliphatic rings. The summed E-state index contributed by atoms with van der Waals surface area (Å²) in [7, 11) is 4.05. The van der Waals surface area contributed by atoms with Gasteiger partial charge in [-0.3, -0.25) is 0 Å². The number of urea groups is 1. The molecule has 1 aromatic rings. The van der Waals surface area contributed by atoms with Crippen LogP contribution in [0, 0.1) is 5.92 Å². The zero-order valence-corrected chi connectivity index (χ0v) is 12.9. The van der Waals surface area contributed by atoms with Gasteiger partial charge in [0.1, 0.15) is 0 Å². The van der Waals surface area contributed by atoms with Crippen LogP contribution in [-0.2, 0) is 4.74 Å². The molecule has 1 fully saturated rings. The zero-order chi connectivity index (χ0) is 14.4. The molecule has 112 valence electrons. The number of hydrogen-bond donors (Lipinski definition) is 2. The molecule has 2 amide bonds. The van der Waals surface area contributed by atoms with Gasteiger partial charge in [-0.05, 0) is 42.9 Å². The van der Waals surface area contributed by atoms with Gasteiger partial charge in [-0.2, -0.15) is 11.3 Å². The smallest absolute Gasteiger partial charge is 0.314 e. The predicted molar refractivity (Wildman–Crippen MR) is 81.1 cm³/mol. The molecule has 0 aromatic carbocycles. The first kappa shape index (κ1) is 15.3. The largest absolute Gasteiger partial charge is 0.381 e. The molecule has 0 unspecified atom stereocenters. The first-order valence-corrected chi connectivity index (χ1v) is 7.89. The van der Waals surface area contributed by atoms with Gasteiger partial charge in [0.05, 0.1) is 12.6 Å². The van der Waals surface area contributed by atoms with E-state index in [9.17, 15) is 4.79 Å². The molecule has 0 saturated carbocycles. The number of carbonyl (C=O) groups is 1. The molecule has 2 N–H and O–H groups in total. The average molecular weight is 297 g/mol. The summed E-state index contributed by atoms with van der Waals surface area (Å²) in [6.07, 6.45) is 1.04. The number of thiophene rings is 1. The number of amides is 2. The zero-order valence-electron chi connectivity index (χ0n) is 12.1. The van der Waals surface area contributed by atoms with Gasteiger partial charge in [0.25, 0.3) is 0 Å². The van der Waals surface area contributed by atoms with E-state index in [4.69, 9.17) is 4.74 Å². The Labute approximate surface area is 124 Å². The number of carbonyl (C=O) groups excluding carboxylic acids is 1. The Kier molecular flexibility index (Phi) is 5.82. The van der Waals surface area contributed by atoms with Gasteiger partial charge in [0.2, 0.25) is 0 Å². The van der Waals surface area contributed by atoms with Gasteiger partial charge in [-0.15, -0.1) is 0 Å². The minimum atomic E-state index is -0.0982. The molecule has 5 nitrogen and oxygen atoms in total. The lowest BCUT2D eigenvalue weighted by molar-refractivity contribution is 0.185. The fourth-order valence-electron chi connectivity index (χ4n) is 2.30. The number of rotatable bonds is 6. The Hall–Kier alpha value is -1.11. The van der Waals surface area contributed by atoms with Crippen molar-refractivity contribution in [2.75, 3.05) is 40.4 Å². The third-order valence-corrected chi connectivity index (χ3v) is 4.28. The first-order chi connectivity index (χ1) is 9.66. The van der Waals surface area contributed by atoms with E-state index in [1.165, 1.54) is 5.56 Å². The molecule has 0 spiro atoms. The quantitative estimate of drug-likeness (QED) is 0.840. The number of likely N-dealkylation sites (N-methyl/N-ethyl adjacent to an activating group) is 1. The molecule has 2 rings (SSSR count). The van der Waals surface area contributed by atoms with Crippen LogP contribution >= 0.6 is 11.3 Å². The molecule has 0 aliphatic carbocycles. The van der Waals surface area contributed by atoms with E-state index >= 15 is 0 Å². The Bertz CT molecular complexity index is 403. The maximum absolute atomic E-state index is 11.8. The van der Waals surface area contributed by atoms with Crippen LogP contribution in [0.15, 0.2) is 16.8 Å². The summed E-state index contributed by atoms with van der Waals surface area (Å²) in [5.74, 6) is 0.460. The third kappa shape index (κ3) is 4.47. The van der Waals surface area contributed by atoms with E-state index in [0.29, 0.717) is 19.0 Å². The Morgan fingerprint density at radius 1 is 1.55 bits per heavy atom. The normalized spacial score (nSPS) is 20.1. The highest BCUT2D eigenvalue weighted by Gasteiger charge is 2.18. The lowest BCUT2D eigenvalue weighted by atomic mass is 10.1. The number of hydrogen-bond acceptors (Lipinski definition) is 4. The summed E-state index contributed by atoms with van der Waals surface area (Å²) in [4.78, 5) is 13.9. The van der Waals surface area contributed by atoms with Crippen LogP contribution in [0.2, 0.25) is 0 Å². The Morgan fingerprint density at radius 3 is 3.00 bits per heavy atom. The van der Waals surface area contributed by atoms with Crippen molar-refractivity contribution >= 4 is 17.4 Å². The molecular weight excluding hydrogens is 274 g/mol. The van der Waals surface area contributed by atoms with Crippen molar-refractivity contribution in [2.45, 2.75) is 12.5 Å². The maximum Gasteiger partial charge on any atom is 0.314 e. The molecule has 2 heterocycles. The van der Waals surface area contributed by atoms with Crippen molar-refractivity contribution in [3.05, 3.63) is 22.4 Å². The van der Waals surface area contributed by atoms with Crippen molar-refractivity contribution in [1.29, 1.82) is 0 Å².